The van der Waals surface area contributed by atoms with Gasteiger partial charge in [-0.3, -0.25) is 4.90 Å². The molecular weight excluding hydrogens is 360 g/mol. The summed E-state index contributed by atoms with van der Waals surface area (Å²) in [7, 11) is 0. The van der Waals surface area contributed by atoms with Crippen molar-refractivity contribution in [2.24, 2.45) is 5.41 Å². The molecule has 0 bridgehead atoms. The second-order valence-corrected chi connectivity index (χ2v) is 8.76. The molecule has 152 valence electrons. The summed E-state index contributed by atoms with van der Waals surface area (Å²) in [5.41, 5.74) is 0.496. The van der Waals surface area contributed by atoms with Gasteiger partial charge >= 0.3 is 0 Å². The van der Waals surface area contributed by atoms with Gasteiger partial charge in [-0.05, 0) is 64.0 Å². The Hall–Kier alpha value is -1.84. The lowest BCUT2D eigenvalue weighted by Crippen LogP contribution is -2.44. The monoisotopic (exact) mass is 388 g/mol. The summed E-state index contributed by atoms with van der Waals surface area (Å²) < 4.78 is 10.8. The van der Waals surface area contributed by atoms with E-state index in [1.807, 2.05) is 11.8 Å². The average Bonchev–Trinajstić information content (AvgIpc) is 3.31. The van der Waals surface area contributed by atoms with Gasteiger partial charge in [-0.1, -0.05) is 10.3 Å². The zero-order valence-electron chi connectivity index (χ0n) is 16.3. The summed E-state index contributed by atoms with van der Waals surface area (Å²) in [5, 5.41) is 22.0. The summed E-state index contributed by atoms with van der Waals surface area (Å²) in [6.07, 6.45) is 5.70. The van der Waals surface area contributed by atoms with Crippen molar-refractivity contribution in [2.75, 3.05) is 19.6 Å². The molecule has 1 spiro atoms. The smallest absolute Gasteiger partial charge is 0.229 e. The van der Waals surface area contributed by atoms with Gasteiger partial charge < -0.3 is 19.5 Å². The van der Waals surface area contributed by atoms with Crippen molar-refractivity contribution < 1.29 is 14.2 Å². The molecule has 1 saturated carbocycles. The van der Waals surface area contributed by atoms with Gasteiger partial charge in [0, 0.05) is 18.4 Å². The van der Waals surface area contributed by atoms with E-state index in [1.165, 1.54) is 12.8 Å². The number of aliphatic hydroxyl groups is 1. The number of piperidine rings is 2. The van der Waals surface area contributed by atoms with Crippen LogP contribution < -0.4 is 5.32 Å². The number of likely N-dealkylation sites (tertiary alicyclic amines) is 1. The summed E-state index contributed by atoms with van der Waals surface area (Å²) in [5.74, 6) is 3.18. The third kappa shape index (κ3) is 3.46. The van der Waals surface area contributed by atoms with Gasteiger partial charge in [-0.2, -0.15) is 9.97 Å². The molecule has 3 fully saturated rings. The molecule has 1 aliphatic carbocycles. The zero-order chi connectivity index (χ0) is 19.1. The van der Waals surface area contributed by atoms with Gasteiger partial charge in [-0.15, -0.1) is 0 Å². The first-order chi connectivity index (χ1) is 13.6. The van der Waals surface area contributed by atoms with Crippen LogP contribution in [0.2, 0.25) is 0 Å². The van der Waals surface area contributed by atoms with E-state index in [0.717, 1.165) is 44.8 Å². The molecule has 2 saturated heterocycles. The molecule has 9 nitrogen and oxygen atoms in total. The summed E-state index contributed by atoms with van der Waals surface area (Å²) >= 11 is 0. The fourth-order valence-corrected chi connectivity index (χ4v) is 5.08. The second-order valence-electron chi connectivity index (χ2n) is 8.76. The van der Waals surface area contributed by atoms with E-state index < -0.39 is 6.23 Å². The van der Waals surface area contributed by atoms with Gasteiger partial charge in [0.15, 0.2) is 11.6 Å². The Morgan fingerprint density at radius 1 is 1.11 bits per heavy atom. The minimum atomic E-state index is -0.574. The molecule has 2 unspecified atom stereocenters. The normalized spacial score (nSPS) is 28.5. The minimum absolute atomic E-state index is 0.101. The van der Waals surface area contributed by atoms with E-state index in [9.17, 15) is 5.11 Å². The van der Waals surface area contributed by atoms with Crippen LogP contribution in [0.4, 0.5) is 0 Å². The number of nitrogens with one attached hydrogen (secondary N) is 1. The Bertz CT molecular complexity index is 806. The Kier molecular flexibility index (Phi) is 4.68. The number of aryl methyl sites for hydroxylation is 1. The van der Waals surface area contributed by atoms with Crippen LogP contribution in [0.1, 0.15) is 73.8 Å². The molecule has 0 amide bonds. The molecule has 2 aromatic rings. The van der Waals surface area contributed by atoms with Crippen molar-refractivity contribution in [3.05, 3.63) is 23.4 Å². The van der Waals surface area contributed by atoms with Gasteiger partial charge in [0.05, 0.1) is 6.54 Å². The maximum atomic E-state index is 10.6. The van der Waals surface area contributed by atoms with E-state index in [4.69, 9.17) is 9.05 Å². The molecular formula is C19H28N6O3. The van der Waals surface area contributed by atoms with Gasteiger partial charge in [-0.25, -0.2) is 0 Å². The van der Waals surface area contributed by atoms with Crippen molar-refractivity contribution in [1.29, 1.82) is 0 Å². The number of rotatable bonds is 4. The first-order valence-corrected chi connectivity index (χ1v) is 10.4. The highest BCUT2D eigenvalue weighted by atomic mass is 16.5. The predicted molar refractivity (Wildman–Crippen MR) is 98.2 cm³/mol. The van der Waals surface area contributed by atoms with E-state index in [-0.39, 0.29) is 5.92 Å². The second kappa shape index (κ2) is 7.20. The Balaban J connectivity index is 1.15. The summed E-state index contributed by atoms with van der Waals surface area (Å²) in [6.45, 7) is 5.29. The number of nitrogens with zero attached hydrogens (tertiary/aromatic N) is 5. The van der Waals surface area contributed by atoms with Crippen LogP contribution in [0, 0.1) is 12.3 Å². The largest absolute Gasteiger partial charge is 0.378 e. The molecule has 2 aliphatic heterocycles. The maximum Gasteiger partial charge on any atom is 0.229 e. The van der Waals surface area contributed by atoms with E-state index in [0.29, 0.717) is 41.8 Å². The topological polar surface area (TPSA) is 113 Å². The first kappa shape index (κ1) is 18.2. The lowest BCUT2D eigenvalue weighted by Gasteiger charge is -2.49. The average molecular weight is 388 g/mol. The maximum absolute atomic E-state index is 10.6. The van der Waals surface area contributed by atoms with Crippen LogP contribution in [0.15, 0.2) is 9.05 Å². The molecule has 3 aliphatic rings. The molecule has 9 heteroatoms. The Morgan fingerprint density at radius 2 is 1.86 bits per heavy atom. The molecule has 2 N–H and O–H groups in total. The van der Waals surface area contributed by atoms with Crippen LogP contribution in [-0.4, -0.2) is 56.1 Å². The number of aromatic nitrogens is 4. The Labute approximate surface area is 163 Å². The summed E-state index contributed by atoms with van der Waals surface area (Å²) in [4.78, 5) is 10.9. The lowest BCUT2D eigenvalue weighted by atomic mass is 9.58. The van der Waals surface area contributed by atoms with Crippen LogP contribution in [-0.2, 0) is 6.54 Å². The third-order valence-electron chi connectivity index (χ3n) is 6.77. The van der Waals surface area contributed by atoms with Gasteiger partial charge in [0.1, 0.15) is 6.23 Å². The molecule has 4 heterocycles. The number of hydrogen-bond donors (Lipinski definition) is 2. The zero-order valence-corrected chi connectivity index (χ0v) is 16.3. The first-order valence-electron chi connectivity index (χ1n) is 10.4. The highest BCUT2D eigenvalue weighted by Crippen LogP contribution is 2.55. The quantitative estimate of drug-likeness (QED) is 0.808. The van der Waals surface area contributed by atoms with Gasteiger partial charge in [0.25, 0.3) is 0 Å². The highest BCUT2D eigenvalue weighted by Gasteiger charge is 2.47. The van der Waals surface area contributed by atoms with Crippen molar-refractivity contribution >= 4 is 0 Å². The van der Waals surface area contributed by atoms with Crippen molar-refractivity contribution in [1.82, 2.24) is 30.5 Å². The molecule has 0 aromatic carbocycles. The number of aliphatic hydroxyl groups excluding tert-OH is 1. The number of hydrogen-bond acceptors (Lipinski definition) is 9. The molecule has 2 atom stereocenters. The SMILES string of the molecule is Cc1noc(C2CCN(Cc3noc(C4CC5(CCNCC5)C4)n3)C(O)C2)n1. The standard InChI is InChI=1S/C19H28N6O3/c1-12-21-17(27-23-12)13-2-7-25(16(26)8-13)11-15-22-18(28-24-15)14-9-19(10-14)3-5-20-6-4-19/h13-14,16,20,26H,2-11H2,1H3. The van der Waals surface area contributed by atoms with Crippen LogP contribution in [0.5, 0.6) is 0 Å². The Morgan fingerprint density at radius 3 is 2.57 bits per heavy atom. The predicted octanol–water partition coefficient (Wildman–Crippen LogP) is 1.71. The third-order valence-corrected chi connectivity index (χ3v) is 6.77. The molecule has 0 radical (unpaired) electrons. The summed E-state index contributed by atoms with van der Waals surface area (Å²) in [6, 6.07) is 0. The highest BCUT2D eigenvalue weighted by molar-refractivity contribution is 5.08. The fourth-order valence-electron chi connectivity index (χ4n) is 5.08. The van der Waals surface area contributed by atoms with Crippen molar-refractivity contribution in [3.8, 4) is 0 Å². The molecule has 5 rings (SSSR count). The van der Waals surface area contributed by atoms with E-state index in [1.54, 1.807) is 0 Å². The molecule has 2 aromatic heterocycles. The van der Waals surface area contributed by atoms with Crippen molar-refractivity contribution in [2.45, 2.75) is 70.1 Å². The van der Waals surface area contributed by atoms with E-state index in [2.05, 4.69) is 25.6 Å². The van der Waals surface area contributed by atoms with Crippen molar-refractivity contribution in [3.63, 3.8) is 0 Å². The van der Waals surface area contributed by atoms with Crippen LogP contribution >= 0.6 is 0 Å². The van der Waals surface area contributed by atoms with Crippen LogP contribution in [0.3, 0.4) is 0 Å². The minimum Gasteiger partial charge on any atom is -0.378 e. The fraction of sp³-hybridized carbons (Fsp3) is 0.789. The van der Waals surface area contributed by atoms with E-state index >= 15 is 0 Å². The van der Waals surface area contributed by atoms with Crippen LogP contribution in [0.25, 0.3) is 0 Å². The molecule has 28 heavy (non-hydrogen) atoms. The van der Waals surface area contributed by atoms with Gasteiger partial charge in [0.2, 0.25) is 11.8 Å². The lowest BCUT2D eigenvalue weighted by molar-refractivity contribution is -0.0408.